The van der Waals surface area contributed by atoms with Gasteiger partial charge in [0.15, 0.2) is 0 Å². The van der Waals surface area contributed by atoms with E-state index in [1.165, 1.54) is 5.69 Å². The van der Waals surface area contributed by atoms with Gasteiger partial charge in [0, 0.05) is 49.5 Å². The van der Waals surface area contributed by atoms with E-state index in [4.69, 9.17) is 4.74 Å². The molecule has 1 N–H and O–H groups in total. The second-order valence-corrected chi connectivity index (χ2v) is 6.61. The van der Waals surface area contributed by atoms with E-state index in [-0.39, 0.29) is 0 Å². The number of piperazine rings is 1. The summed E-state index contributed by atoms with van der Waals surface area (Å²) >= 11 is 0. The third-order valence-electron chi connectivity index (χ3n) is 4.80. The number of allylic oxidation sites excluding steroid dienone is 1. The second-order valence-electron chi connectivity index (χ2n) is 6.61. The van der Waals surface area contributed by atoms with Crippen molar-refractivity contribution in [2.45, 2.75) is 19.9 Å². The van der Waals surface area contributed by atoms with E-state index in [1.54, 1.807) is 0 Å². The molecule has 3 rings (SSSR count). The zero-order valence-electron chi connectivity index (χ0n) is 15.5. The van der Waals surface area contributed by atoms with Crippen LogP contribution in [0.5, 0.6) is 11.5 Å². The molecule has 1 aliphatic heterocycles. The van der Waals surface area contributed by atoms with E-state index in [0.29, 0.717) is 18.8 Å². The molecule has 2 aromatic rings. The predicted molar refractivity (Wildman–Crippen MR) is 107 cm³/mol. The smallest absolute Gasteiger partial charge is 0.123 e. The van der Waals surface area contributed by atoms with Crippen LogP contribution in [0.3, 0.4) is 0 Å². The number of benzene rings is 2. The number of ether oxygens (including phenoxy) is 1. The van der Waals surface area contributed by atoms with Gasteiger partial charge in [-0.3, -0.25) is 4.90 Å². The molecule has 138 valence electrons. The zero-order valence-corrected chi connectivity index (χ0v) is 15.5. The van der Waals surface area contributed by atoms with Crippen molar-refractivity contribution in [2.24, 2.45) is 0 Å². The molecule has 1 heterocycles. The first-order chi connectivity index (χ1) is 12.7. The number of hydrogen-bond donors (Lipinski definition) is 1. The highest BCUT2D eigenvalue weighted by molar-refractivity contribution is 5.48. The predicted octanol–water partition coefficient (Wildman–Crippen LogP) is 3.84. The zero-order chi connectivity index (χ0) is 18.4. The Morgan fingerprint density at radius 3 is 2.42 bits per heavy atom. The summed E-state index contributed by atoms with van der Waals surface area (Å²) in [5, 5.41) is 10.6. The number of hydrogen-bond acceptors (Lipinski definition) is 4. The third kappa shape index (κ3) is 4.38. The molecular weight excluding hydrogens is 324 g/mol. The van der Waals surface area contributed by atoms with Gasteiger partial charge in [0.25, 0.3) is 0 Å². The summed E-state index contributed by atoms with van der Waals surface area (Å²) in [5.74, 6) is 1.19. The number of anilines is 1. The minimum atomic E-state index is 0.374. The van der Waals surface area contributed by atoms with Gasteiger partial charge in [0.1, 0.15) is 11.5 Å². The van der Waals surface area contributed by atoms with Crippen molar-refractivity contribution in [3.05, 3.63) is 66.2 Å². The van der Waals surface area contributed by atoms with Gasteiger partial charge in [-0.25, -0.2) is 0 Å². The summed E-state index contributed by atoms with van der Waals surface area (Å²) in [4.78, 5) is 4.80. The quantitative estimate of drug-likeness (QED) is 0.768. The van der Waals surface area contributed by atoms with Gasteiger partial charge in [-0.15, -0.1) is 6.58 Å². The van der Waals surface area contributed by atoms with Crippen molar-refractivity contribution in [3.63, 3.8) is 0 Å². The largest absolute Gasteiger partial charge is 0.507 e. The lowest BCUT2D eigenvalue weighted by Crippen LogP contribution is -2.45. The minimum Gasteiger partial charge on any atom is -0.507 e. The number of para-hydroxylation sites is 1. The molecule has 0 amide bonds. The van der Waals surface area contributed by atoms with Crippen LogP contribution in [0.2, 0.25) is 0 Å². The Hall–Kier alpha value is -2.46. The molecule has 0 spiro atoms. The molecule has 0 aliphatic carbocycles. The number of phenolic OH excluding ortho intramolecular Hbond substituents is 1. The average molecular weight is 352 g/mol. The maximum absolute atomic E-state index is 10.6. The first-order valence-electron chi connectivity index (χ1n) is 9.32. The van der Waals surface area contributed by atoms with Crippen molar-refractivity contribution < 1.29 is 9.84 Å². The summed E-state index contributed by atoms with van der Waals surface area (Å²) < 4.78 is 5.68. The summed E-state index contributed by atoms with van der Waals surface area (Å²) in [6, 6.07) is 14.4. The molecule has 2 aromatic carbocycles. The van der Waals surface area contributed by atoms with Crippen molar-refractivity contribution in [2.75, 3.05) is 37.7 Å². The molecule has 0 unspecified atom stereocenters. The molecular formula is C22H28N2O2. The maximum atomic E-state index is 10.6. The van der Waals surface area contributed by atoms with Gasteiger partial charge in [-0.05, 0) is 37.6 Å². The highest BCUT2D eigenvalue weighted by atomic mass is 16.5. The molecule has 0 aromatic heterocycles. The Kier molecular flexibility index (Phi) is 6.18. The molecule has 1 aliphatic rings. The lowest BCUT2D eigenvalue weighted by molar-refractivity contribution is 0.246. The normalized spacial score (nSPS) is 15.0. The van der Waals surface area contributed by atoms with Crippen LogP contribution in [-0.4, -0.2) is 42.8 Å². The van der Waals surface area contributed by atoms with Crippen LogP contribution in [0, 0.1) is 0 Å². The van der Waals surface area contributed by atoms with E-state index in [1.807, 2.05) is 25.1 Å². The lowest BCUT2D eigenvalue weighted by atomic mass is 10.0. The number of aromatic hydroxyl groups is 1. The van der Waals surface area contributed by atoms with Crippen molar-refractivity contribution in [3.8, 4) is 11.5 Å². The van der Waals surface area contributed by atoms with Gasteiger partial charge in [-0.1, -0.05) is 24.3 Å². The average Bonchev–Trinajstić information content (AvgIpc) is 2.67. The van der Waals surface area contributed by atoms with Crippen LogP contribution in [0.4, 0.5) is 5.69 Å². The first kappa shape index (κ1) is 18.3. The topological polar surface area (TPSA) is 35.9 Å². The molecule has 0 atom stereocenters. The van der Waals surface area contributed by atoms with Gasteiger partial charge in [0.05, 0.1) is 6.61 Å². The van der Waals surface area contributed by atoms with E-state index in [9.17, 15) is 5.11 Å². The van der Waals surface area contributed by atoms with Crippen molar-refractivity contribution in [1.82, 2.24) is 4.90 Å². The van der Waals surface area contributed by atoms with E-state index in [2.05, 4.69) is 46.7 Å². The fraction of sp³-hybridized carbons (Fsp3) is 0.364. The van der Waals surface area contributed by atoms with E-state index < -0.39 is 0 Å². The Labute approximate surface area is 156 Å². The standard InChI is InChI=1S/C22H28N2O2/c1-3-8-18-15-21(26-4-2)16-19(22(18)25)17-23-11-13-24(14-12-23)20-9-6-5-7-10-20/h3,5-7,9-10,15-16,25H,1,4,8,11-14,17H2,2H3. The van der Waals surface area contributed by atoms with E-state index in [0.717, 1.165) is 49.6 Å². The molecule has 0 saturated carbocycles. The monoisotopic (exact) mass is 352 g/mol. The van der Waals surface area contributed by atoms with Crippen LogP contribution in [0.25, 0.3) is 0 Å². The Balaban J connectivity index is 1.68. The molecule has 26 heavy (non-hydrogen) atoms. The van der Waals surface area contributed by atoms with Gasteiger partial charge in [0.2, 0.25) is 0 Å². The number of nitrogens with zero attached hydrogens (tertiary/aromatic N) is 2. The number of rotatable bonds is 7. The van der Waals surface area contributed by atoms with Gasteiger partial charge < -0.3 is 14.7 Å². The molecule has 4 nitrogen and oxygen atoms in total. The summed E-state index contributed by atoms with van der Waals surface area (Å²) in [7, 11) is 0. The first-order valence-corrected chi connectivity index (χ1v) is 9.32. The van der Waals surface area contributed by atoms with E-state index >= 15 is 0 Å². The molecule has 0 radical (unpaired) electrons. The summed E-state index contributed by atoms with van der Waals surface area (Å²) in [6.07, 6.45) is 2.45. The van der Waals surface area contributed by atoms with Crippen LogP contribution >= 0.6 is 0 Å². The Morgan fingerprint density at radius 1 is 1.08 bits per heavy atom. The van der Waals surface area contributed by atoms with Crippen LogP contribution < -0.4 is 9.64 Å². The van der Waals surface area contributed by atoms with Crippen LogP contribution in [0.1, 0.15) is 18.1 Å². The van der Waals surface area contributed by atoms with Crippen molar-refractivity contribution in [1.29, 1.82) is 0 Å². The minimum absolute atomic E-state index is 0.374. The lowest BCUT2D eigenvalue weighted by Gasteiger charge is -2.36. The van der Waals surface area contributed by atoms with Crippen molar-refractivity contribution >= 4 is 5.69 Å². The Morgan fingerprint density at radius 2 is 1.77 bits per heavy atom. The second kappa shape index (κ2) is 8.77. The van der Waals surface area contributed by atoms with Crippen LogP contribution in [-0.2, 0) is 13.0 Å². The number of phenols is 1. The fourth-order valence-electron chi connectivity index (χ4n) is 3.45. The molecule has 0 bridgehead atoms. The highest BCUT2D eigenvalue weighted by Gasteiger charge is 2.19. The SMILES string of the molecule is C=CCc1cc(OCC)cc(CN2CCN(c3ccccc3)CC2)c1O. The molecule has 1 saturated heterocycles. The van der Waals surface area contributed by atoms with Crippen LogP contribution in [0.15, 0.2) is 55.1 Å². The highest BCUT2D eigenvalue weighted by Crippen LogP contribution is 2.30. The maximum Gasteiger partial charge on any atom is 0.123 e. The fourth-order valence-corrected chi connectivity index (χ4v) is 3.45. The third-order valence-corrected chi connectivity index (χ3v) is 4.80. The summed E-state index contributed by atoms with van der Waals surface area (Å²) in [5.41, 5.74) is 3.09. The molecule has 4 heteroatoms. The van der Waals surface area contributed by atoms with Gasteiger partial charge >= 0.3 is 0 Å². The Bertz CT molecular complexity index is 722. The molecule has 1 fully saturated rings. The summed E-state index contributed by atoms with van der Waals surface area (Å²) in [6.45, 7) is 11.1. The van der Waals surface area contributed by atoms with Gasteiger partial charge in [-0.2, -0.15) is 0 Å².